The highest BCUT2D eigenvalue weighted by Crippen LogP contribution is 2.30. The molecule has 0 aliphatic carbocycles. The Hall–Kier alpha value is -3.39. The van der Waals surface area contributed by atoms with Gasteiger partial charge in [-0.3, -0.25) is 9.69 Å². The summed E-state index contributed by atoms with van der Waals surface area (Å²) in [6.45, 7) is 7.44. The standard InChI is InChI=1S/C28H35N5O3/c1-20-7-9-21(10-8-20)18-32-14-11-22(19-32)17-29-27(34)23-12-15-33(16-13-23)28-30-26(31-36-28)24-5-3-4-6-25(24)35-2/h3-10,22-23H,11-19H2,1-2H3,(H,29,34). The van der Waals surface area contributed by atoms with Crippen molar-refractivity contribution in [3.05, 3.63) is 59.7 Å². The summed E-state index contributed by atoms with van der Waals surface area (Å²) in [7, 11) is 1.63. The van der Waals surface area contributed by atoms with Crippen molar-refractivity contribution in [1.29, 1.82) is 0 Å². The summed E-state index contributed by atoms with van der Waals surface area (Å²) in [5.74, 6) is 1.94. The van der Waals surface area contributed by atoms with E-state index in [0.29, 0.717) is 23.5 Å². The van der Waals surface area contributed by atoms with Gasteiger partial charge in [-0.25, -0.2) is 0 Å². The smallest absolute Gasteiger partial charge is 0.324 e. The molecule has 1 amide bonds. The maximum atomic E-state index is 12.9. The second-order valence-corrected chi connectivity index (χ2v) is 9.98. The summed E-state index contributed by atoms with van der Waals surface area (Å²) in [6.07, 6.45) is 2.70. The number of likely N-dealkylation sites (tertiary alicyclic amines) is 1. The molecule has 1 aromatic heterocycles. The van der Waals surface area contributed by atoms with Gasteiger partial charge in [0.25, 0.3) is 0 Å². The summed E-state index contributed by atoms with van der Waals surface area (Å²) in [5, 5.41) is 7.37. The number of nitrogens with one attached hydrogen (secondary N) is 1. The van der Waals surface area contributed by atoms with Gasteiger partial charge in [-0.1, -0.05) is 47.1 Å². The minimum Gasteiger partial charge on any atom is -0.496 e. The van der Waals surface area contributed by atoms with Crippen LogP contribution in [0.2, 0.25) is 0 Å². The number of hydrogen-bond acceptors (Lipinski definition) is 7. The molecule has 0 saturated carbocycles. The van der Waals surface area contributed by atoms with Crippen molar-refractivity contribution < 1.29 is 14.1 Å². The van der Waals surface area contributed by atoms with Gasteiger partial charge in [-0.2, -0.15) is 4.98 Å². The normalized spacial score (nSPS) is 18.9. The Morgan fingerprint density at radius 3 is 2.64 bits per heavy atom. The van der Waals surface area contributed by atoms with Crippen molar-refractivity contribution >= 4 is 11.9 Å². The molecule has 3 aromatic rings. The van der Waals surface area contributed by atoms with E-state index in [0.717, 1.165) is 64.1 Å². The summed E-state index contributed by atoms with van der Waals surface area (Å²) >= 11 is 0. The van der Waals surface area contributed by atoms with Gasteiger partial charge >= 0.3 is 6.01 Å². The topological polar surface area (TPSA) is 83.7 Å². The summed E-state index contributed by atoms with van der Waals surface area (Å²) in [5.41, 5.74) is 3.45. The molecule has 36 heavy (non-hydrogen) atoms. The van der Waals surface area contributed by atoms with Crippen LogP contribution in [0.25, 0.3) is 11.4 Å². The van der Waals surface area contributed by atoms with E-state index in [1.807, 2.05) is 24.3 Å². The van der Waals surface area contributed by atoms with Gasteiger partial charge in [0.1, 0.15) is 5.75 Å². The molecular weight excluding hydrogens is 454 g/mol. The number of anilines is 1. The van der Waals surface area contributed by atoms with E-state index in [1.165, 1.54) is 11.1 Å². The molecule has 5 rings (SSSR count). The molecule has 2 fully saturated rings. The number of nitrogens with zero attached hydrogens (tertiary/aromatic N) is 4. The zero-order valence-electron chi connectivity index (χ0n) is 21.2. The SMILES string of the molecule is COc1ccccc1-c1noc(N2CCC(C(=O)NCC3CCN(Cc4ccc(C)cc4)C3)CC2)n1. The van der Waals surface area contributed by atoms with Crippen molar-refractivity contribution in [2.75, 3.05) is 44.7 Å². The molecule has 0 radical (unpaired) electrons. The Bertz CT molecular complexity index is 1150. The lowest BCUT2D eigenvalue weighted by atomic mass is 9.96. The Kier molecular flexibility index (Phi) is 7.51. The number of carbonyl (C=O) groups excluding carboxylic acids is 1. The minimum atomic E-state index is 0.0305. The van der Waals surface area contributed by atoms with Gasteiger partial charge in [-0.15, -0.1) is 0 Å². The Labute approximate surface area is 212 Å². The van der Waals surface area contributed by atoms with Crippen molar-refractivity contribution in [2.24, 2.45) is 11.8 Å². The highest BCUT2D eigenvalue weighted by molar-refractivity contribution is 5.79. The highest BCUT2D eigenvalue weighted by atomic mass is 16.5. The van der Waals surface area contributed by atoms with Crippen molar-refractivity contribution in [2.45, 2.75) is 32.7 Å². The average molecular weight is 490 g/mol. The summed E-state index contributed by atoms with van der Waals surface area (Å²) in [4.78, 5) is 22.0. The predicted molar refractivity (Wildman–Crippen MR) is 139 cm³/mol. The van der Waals surface area contributed by atoms with E-state index in [9.17, 15) is 4.79 Å². The number of carbonyl (C=O) groups is 1. The van der Waals surface area contributed by atoms with E-state index >= 15 is 0 Å². The predicted octanol–water partition coefficient (Wildman–Crippen LogP) is 3.91. The molecule has 2 saturated heterocycles. The van der Waals surface area contributed by atoms with Crippen molar-refractivity contribution in [3.8, 4) is 17.1 Å². The van der Waals surface area contributed by atoms with E-state index in [2.05, 4.69) is 56.4 Å². The summed E-state index contributed by atoms with van der Waals surface area (Å²) < 4.78 is 10.9. The Morgan fingerprint density at radius 1 is 1.08 bits per heavy atom. The lowest BCUT2D eigenvalue weighted by Crippen LogP contribution is -2.42. The number of benzene rings is 2. The number of aryl methyl sites for hydroxylation is 1. The molecule has 2 aromatic carbocycles. The number of para-hydroxylation sites is 1. The van der Waals surface area contributed by atoms with Crippen LogP contribution in [0.15, 0.2) is 53.1 Å². The fourth-order valence-corrected chi connectivity index (χ4v) is 5.18. The van der Waals surface area contributed by atoms with E-state index in [-0.39, 0.29) is 11.8 Å². The van der Waals surface area contributed by atoms with Gasteiger partial charge in [0.05, 0.1) is 12.7 Å². The largest absolute Gasteiger partial charge is 0.496 e. The first kappa shape index (κ1) is 24.3. The number of rotatable bonds is 8. The van der Waals surface area contributed by atoms with Crippen LogP contribution in [0.5, 0.6) is 5.75 Å². The highest BCUT2D eigenvalue weighted by Gasteiger charge is 2.29. The molecule has 1 unspecified atom stereocenters. The van der Waals surface area contributed by atoms with Crippen LogP contribution in [0.4, 0.5) is 6.01 Å². The molecule has 190 valence electrons. The first-order valence-corrected chi connectivity index (χ1v) is 12.9. The van der Waals surface area contributed by atoms with Gasteiger partial charge in [0.15, 0.2) is 0 Å². The van der Waals surface area contributed by atoms with Crippen molar-refractivity contribution in [1.82, 2.24) is 20.4 Å². The molecule has 8 heteroatoms. The third-order valence-electron chi connectivity index (χ3n) is 7.36. The third kappa shape index (κ3) is 5.70. The van der Waals surface area contributed by atoms with Crippen LogP contribution < -0.4 is 15.0 Å². The van der Waals surface area contributed by atoms with Gasteiger partial charge in [-0.05, 0) is 56.3 Å². The first-order chi connectivity index (χ1) is 17.6. The van der Waals surface area contributed by atoms with Gasteiger partial charge in [0, 0.05) is 38.6 Å². The number of ether oxygens (including phenoxy) is 1. The lowest BCUT2D eigenvalue weighted by molar-refractivity contribution is -0.125. The maximum absolute atomic E-state index is 12.9. The number of hydrogen-bond donors (Lipinski definition) is 1. The quantitative estimate of drug-likeness (QED) is 0.514. The molecule has 8 nitrogen and oxygen atoms in total. The van der Waals surface area contributed by atoms with Gasteiger partial charge < -0.3 is 19.5 Å². The summed E-state index contributed by atoms with van der Waals surface area (Å²) in [6, 6.07) is 16.9. The molecule has 2 aliphatic heterocycles. The van der Waals surface area contributed by atoms with Crippen LogP contribution in [-0.4, -0.2) is 60.8 Å². The molecule has 3 heterocycles. The maximum Gasteiger partial charge on any atom is 0.324 e. The van der Waals surface area contributed by atoms with Crippen LogP contribution in [0, 0.1) is 18.8 Å². The molecule has 2 aliphatic rings. The number of amides is 1. The monoisotopic (exact) mass is 489 g/mol. The molecular formula is C28H35N5O3. The van der Waals surface area contributed by atoms with Crippen molar-refractivity contribution in [3.63, 3.8) is 0 Å². The van der Waals surface area contributed by atoms with E-state index in [4.69, 9.17) is 9.26 Å². The van der Waals surface area contributed by atoms with Crippen LogP contribution >= 0.6 is 0 Å². The lowest BCUT2D eigenvalue weighted by Gasteiger charge is -2.30. The second-order valence-electron chi connectivity index (χ2n) is 9.98. The first-order valence-electron chi connectivity index (χ1n) is 12.9. The number of aromatic nitrogens is 2. The number of methoxy groups -OCH3 is 1. The second kappa shape index (κ2) is 11.1. The van der Waals surface area contributed by atoms with Crippen LogP contribution in [0.3, 0.4) is 0 Å². The van der Waals surface area contributed by atoms with E-state index < -0.39 is 0 Å². The Morgan fingerprint density at radius 2 is 1.86 bits per heavy atom. The third-order valence-corrected chi connectivity index (χ3v) is 7.36. The molecule has 1 N–H and O–H groups in total. The van der Waals surface area contributed by atoms with Crippen LogP contribution in [-0.2, 0) is 11.3 Å². The molecule has 0 spiro atoms. The zero-order chi connectivity index (χ0) is 24.9. The molecule has 1 atom stereocenters. The number of piperidine rings is 1. The fraction of sp³-hybridized carbons (Fsp3) is 0.464. The fourth-order valence-electron chi connectivity index (χ4n) is 5.18. The zero-order valence-corrected chi connectivity index (χ0v) is 21.2. The minimum absolute atomic E-state index is 0.0305. The average Bonchev–Trinajstić information content (AvgIpc) is 3.59. The van der Waals surface area contributed by atoms with Crippen LogP contribution in [0.1, 0.15) is 30.4 Å². The Balaban J connectivity index is 1.06. The van der Waals surface area contributed by atoms with Gasteiger partial charge in [0.2, 0.25) is 11.7 Å². The van der Waals surface area contributed by atoms with E-state index in [1.54, 1.807) is 7.11 Å². The molecule has 0 bridgehead atoms.